The maximum Gasteiger partial charge on any atom is 0.274 e. The molecule has 0 aliphatic carbocycles. The normalized spacial score (nSPS) is 21.1. The molecule has 2 saturated heterocycles. The van der Waals surface area contributed by atoms with Gasteiger partial charge in [0.25, 0.3) is 5.91 Å². The van der Waals surface area contributed by atoms with Crippen LogP contribution in [-0.4, -0.2) is 90.7 Å². The van der Waals surface area contributed by atoms with Crippen LogP contribution in [0, 0.1) is 11.8 Å². The first kappa shape index (κ1) is 29.7. The van der Waals surface area contributed by atoms with Crippen LogP contribution in [0.1, 0.15) is 63.7 Å². The number of epoxide rings is 1. The van der Waals surface area contributed by atoms with E-state index in [9.17, 15) is 19.2 Å². The molecule has 12 heteroatoms. The molecule has 3 heterocycles. The highest BCUT2D eigenvalue weighted by atomic mass is 16.6. The van der Waals surface area contributed by atoms with Gasteiger partial charge in [0, 0.05) is 19.2 Å². The second-order valence-electron chi connectivity index (χ2n) is 11.1. The first-order valence-electron chi connectivity index (χ1n) is 13.3. The average Bonchev–Trinajstić information content (AvgIpc) is 3.44. The molecule has 2 fully saturated rings. The van der Waals surface area contributed by atoms with Crippen molar-refractivity contribution in [3.63, 3.8) is 0 Å². The molecule has 0 spiro atoms. The summed E-state index contributed by atoms with van der Waals surface area (Å²) in [5.41, 5.74) is -0.773. The Morgan fingerprint density at radius 1 is 1.03 bits per heavy atom. The number of rotatable bonds is 14. The van der Waals surface area contributed by atoms with E-state index >= 15 is 0 Å². The van der Waals surface area contributed by atoms with E-state index in [4.69, 9.17) is 14.0 Å². The number of morpholine rings is 1. The van der Waals surface area contributed by atoms with Gasteiger partial charge in [-0.1, -0.05) is 32.9 Å². The van der Waals surface area contributed by atoms with Crippen molar-refractivity contribution >= 4 is 23.5 Å². The predicted molar refractivity (Wildman–Crippen MR) is 137 cm³/mol. The van der Waals surface area contributed by atoms with E-state index < -0.39 is 35.4 Å². The Bertz CT molecular complexity index is 982. The lowest BCUT2D eigenvalue weighted by atomic mass is 9.93. The van der Waals surface area contributed by atoms with E-state index in [0.29, 0.717) is 45.0 Å². The zero-order valence-corrected chi connectivity index (χ0v) is 23.0. The van der Waals surface area contributed by atoms with Crippen LogP contribution in [-0.2, 0) is 30.4 Å². The highest BCUT2D eigenvalue weighted by molar-refractivity contribution is 5.98. The highest BCUT2D eigenvalue weighted by Gasteiger charge is 2.50. The van der Waals surface area contributed by atoms with Crippen LogP contribution < -0.4 is 16.0 Å². The number of amides is 3. The fraction of sp³-hybridized carbons (Fsp3) is 0.731. The van der Waals surface area contributed by atoms with Gasteiger partial charge in [0.1, 0.15) is 11.6 Å². The zero-order chi connectivity index (χ0) is 27.9. The molecule has 12 nitrogen and oxygen atoms in total. The Labute approximate surface area is 223 Å². The molecule has 2 aliphatic heterocycles. The van der Waals surface area contributed by atoms with Gasteiger partial charge in [-0.25, -0.2) is 0 Å². The summed E-state index contributed by atoms with van der Waals surface area (Å²) in [6.07, 6.45) is 0.830. The fourth-order valence-electron chi connectivity index (χ4n) is 4.27. The van der Waals surface area contributed by atoms with Gasteiger partial charge in [-0.3, -0.25) is 24.1 Å². The Morgan fingerprint density at radius 2 is 1.66 bits per heavy atom. The Morgan fingerprint density at radius 3 is 2.26 bits per heavy atom. The van der Waals surface area contributed by atoms with Gasteiger partial charge < -0.3 is 29.9 Å². The molecular weight excluding hydrogens is 494 g/mol. The molecule has 0 aromatic carbocycles. The van der Waals surface area contributed by atoms with E-state index in [-0.39, 0.29) is 29.9 Å². The first-order chi connectivity index (χ1) is 18.0. The number of ketones is 1. The average molecular weight is 536 g/mol. The van der Waals surface area contributed by atoms with Crippen molar-refractivity contribution in [2.24, 2.45) is 11.8 Å². The van der Waals surface area contributed by atoms with Crippen LogP contribution in [0.5, 0.6) is 0 Å². The van der Waals surface area contributed by atoms with E-state index in [1.807, 2.05) is 27.7 Å². The van der Waals surface area contributed by atoms with Gasteiger partial charge in [-0.15, -0.1) is 0 Å². The molecule has 2 aliphatic rings. The van der Waals surface area contributed by atoms with Crippen molar-refractivity contribution in [3.8, 4) is 0 Å². The maximum atomic E-state index is 12.9. The van der Waals surface area contributed by atoms with Gasteiger partial charge in [0.05, 0.1) is 39.0 Å². The monoisotopic (exact) mass is 535 g/mol. The van der Waals surface area contributed by atoms with Gasteiger partial charge in [0.2, 0.25) is 11.8 Å². The molecule has 212 valence electrons. The first-order valence-corrected chi connectivity index (χ1v) is 13.3. The molecule has 1 aromatic rings. The molecule has 0 radical (unpaired) electrons. The van der Waals surface area contributed by atoms with Crippen LogP contribution in [0.3, 0.4) is 0 Å². The predicted octanol–water partition coefficient (Wildman–Crippen LogP) is 0.656. The summed E-state index contributed by atoms with van der Waals surface area (Å²) in [7, 11) is 0. The Hall–Kier alpha value is -2.83. The lowest BCUT2D eigenvalue weighted by molar-refractivity contribution is -0.131. The number of aromatic nitrogens is 1. The summed E-state index contributed by atoms with van der Waals surface area (Å²) in [4.78, 5) is 53.2. The minimum atomic E-state index is -0.874. The third kappa shape index (κ3) is 8.88. The molecule has 0 unspecified atom stereocenters. The topological polar surface area (TPSA) is 155 Å². The van der Waals surface area contributed by atoms with E-state index in [1.165, 1.54) is 0 Å². The third-order valence-corrected chi connectivity index (χ3v) is 6.48. The lowest BCUT2D eigenvalue weighted by Gasteiger charge is -2.25. The summed E-state index contributed by atoms with van der Waals surface area (Å²) in [5.74, 6) is -0.860. The fourth-order valence-corrected chi connectivity index (χ4v) is 4.27. The smallest absolute Gasteiger partial charge is 0.274 e. The van der Waals surface area contributed by atoms with E-state index in [0.717, 1.165) is 13.1 Å². The summed E-state index contributed by atoms with van der Waals surface area (Å²) < 4.78 is 15.9. The molecular formula is C26H41N5O7. The summed E-state index contributed by atoms with van der Waals surface area (Å²) in [6.45, 7) is 12.8. The Balaban J connectivity index is 1.53. The van der Waals surface area contributed by atoms with Crippen LogP contribution in [0.2, 0.25) is 0 Å². The number of Topliss-reactive ketones (excluding diaryl/α,β-unsaturated/α-hetero) is 1. The van der Waals surface area contributed by atoms with Crippen LogP contribution in [0.25, 0.3) is 0 Å². The quantitative estimate of drug-likeness (QED) is 0.291. The van der Waals surface area contributed by atoms with Crippen molar-refractivity contribution in [2.75, 3.05) is 39.5 Å². The van der Waals surface area contributed by atoms with Crippen LogP contribution >= 0.6 is 0 Å². The number of carbonyl (C=O) groups is 4. The van der Waals surface area contributed by atoms with Crippen molar-refractivity contribution in [1.29, 1.82) is 0 Å². The molecule has 0 saturated carbocycles. The van der Waals surface area contributed by atoms with Gasteiger partial charge in [0.15, 0.2) is 17.2 Å². The Kier molecular flexibility index (Phi) is 10.4. The van der Waals surface area contributed by atoms with Crippen molar-refractivity contribution in [2.45, 2.75) is 71.7 Å². The zero-order valence-electron chi connectivity index (χ0n) is 23.0. The molecule has 3 rings (SSSR count). The summed E-state index contributed by atoms with van der Waals surface area (Å²) in [6, 6.07) is -0.00289. The second kappa shape index (κ2) is 13.3. The summed E-state index contributed by atoms with van der Waals surface area (Å²) >= 11 is 0. The standard InChI is InChI=1S/C26H41N5O7/c1-16(2)10-19(23(33)26(5)15-37-26)28-22(32)13-27-24(34)20(11-17(3)4)29-25(35)21-12-18(38-30-21)14-31-6-8-36-9-7-31/h12,16-17,19-20H,6-11,13-15H2,1-5H3,(H,27,34)(H,28,32)(H,29,35)/t19-,20-,26+/m0/s1. The maximum absolute atomic E-state index is 12.9. The van der Waals surface area contributed by atoms with Crippen molar-refractivity contribution < 1.29 is 33.2 Å². The molecule has 3 atom stereocenters. The van der Waals surface area contributed by atoms with Crippen LogP contribution in [0.4, 0.5) is 0 Å². The largest absolute Gasteiger partial charge is 0.379 e. The summed E-state index contributed by atoms with van der Waals surface area (Å²) in [5, 5.41) is 11.9. The number of ether oxygens (including phenoxy) is 2. The number of nitrogens with zero attached hydrogens (tertiary/aromatic N) is 2. The number of hydrogen-bond acceptors (Lipinski definition) is 9. The van der Waals surface area contributed by atoms with E-state index in [2.05, 4.69) is 26.0 Å². The SMILES string of the molecule is CC(C)C[C@H](NC(=O)c1cc(CN2CCOCC2)on1)C(=O)NCC(=O)N[C@@H](CC(C)C)C(=O)[C@@]1(C)CO1. The molecule has 1 aromatic heterocycles. The third-order valence-electron chi connectivity index (χ3n) is 6.48. The van der Waals surface area contributed by atoms with Gasteiger partial charge in [-0.05, 0) is 31.6 Å². The lowest BCUT2D eigenvalue weighted by Crippen LogP contribution is -2.52. The molecule has 0 bridgehead atoms. The van der Waals surface area contributed by atoms with Crippen LogP contribution in [0.15, 0.2) is 10.6 Å². The van der Waals surface area contributed by atoms with E-state index in [1.54, 1.807) is 13.0 Å². The number of carbonyl (C=O) groups excluding carboxylic acids is 4. The number of nitrogens with one attached hydrogen (secondary N) is 3. The second-order valence-corrected chi connectivity index (χ2v) is 11.1. The minimum absolute atomic E-state index is 0.0818. The number of hydrogen-bond donors (Lipinski definition) is 3. The van der Waals surface area contributed by atoms with Gasteiger partial charge >= 0.3 is 0 Å². The molecule has 38 heavy (non-hydrogen) atoms. The highest BCUT2D eigenvalue weighted by Crippen LogP contribution is 2.29. The van der Waals surface area contributed by atoms with Gasteiger partial charge in [-0.2, -0.15) is 0 Å². The minimum Gasteiger partial charge on any atom is -0.379 e. The van der Waals surface area contributed by atoms with Crippen molar-refractivity contribution in [1.82, 2.24) is 26.0 Å². The van der Waals surface area contributed by atoms with Crippen molar-refractivity contribution in [3.05, 3.63) is 17.5 Å². The molecule has 3 N–H and O–H groups in total. The molecule has 3 amide bonds.